The molecule has 1 aromatic rings. The molecule has 0 N–H and O–H groups in total. The van der Waals surface area contributed by atoms with E-state index in [0.29, 0.717) is 31.9 Å². The molecule has 3 rings (SSSR count). The molecule has 12 heteroatoms. The van der Waals surface area contributed by atoms with Crippen LogP contribution in [-0.4, -0.2) is 75.4 Å². The maximum atomic E-state index is 13.1. The smallest absolute Gasteiger partial charge is 0.270 e. The minimum absolute atomic E-state index is 0.0130. The highest BCUT2D eigenvalue weighted by Gasteiger charge is 2.34. The lowest BCUT2D eigenvalue weighted by Gasteiger charge is -2.36. The largest absolute Gasteiger partial charge is 0.368 e. The summed E-state index contributed by atoms with van der Waals surface area (Å²) in [5.74, 6) is 0.0130. The summed E-state index contributed by atoms with van der Waals surface area (Å²) in [5, 5.41) is 11.2. The number of nitro groups is 1. The first kappa shape index (κ1) is 21.0. The van der Waals surface area contributed by atoms with Crippen molar-refractivity contribution < 1.29 is 21.8 Å². The van der Waals surface area contributed by atoms with Crippen molar-refractivity contribution >= 4 is 31.4 Å². The molecule has 0 bridgehead atoms. The van der Waals surface area contributed by atoms with Gasteiger partial charge in [-0.1, -0.05) is 0 Å². The third-order valence-corrected chi connectivity index (χ3v) is 8.98. The Morgan fingerprint density at radius 2 is 1.57 bits per heavy atom. The van der Waals surface area contributed by atoms with Gasteiger partial charge in [0.15, 0.2) is 0 Å². The van der Waals surface area contributed by atoms with Crippen LogP contribution in [0.15, 0.2) is 23.1 Å². The van der Waals surface area contributed by atoms with Crippen molar-refractivity contribution in [2.45, 2.75) is 24.7 Å². The Labute approximate surface area is 165 Å². The summed E-state index contributed by atoms with van der Waals surface area (Å²) >= 11 is 0. The fraction of sp³-hybridized carbons (Fsp3) is 0.625. The van der Waals surface area contributed by atoms with Gasteiger partial charge < -0.3 is 4.90 Å². The van der Waals surface area contributed by atoms with E-state index in [2.05, 4.69) is 0 Å². The van der Waals surface area contributed by atoms with Gasteiger partial charge in [0, 0.05) is 51.4 Å². The van der Waals surface area contributed by atoms with Crippen LogP contribution >= 0.6 is 0 Å². The summed E-state index contributed by atoms with van der Waals surface area (Å²) in [4.78, 5) is 12.3. The fourth-order valence-electron chi connectivity index (χ4n) is 3.54. The first-order valence-electron chi connectivity index (χ1n) is 9.18. The van der Waals surface area contributed by atoms with E-state index in [1.54, 1.807) is 11.8 Å². The summed E-state index contributed by atoms with van der Waals surface area (Å²) in [5.41, 5.74) is 0.0970. The molecule has 0 spiro atoms. The van der Waals surface area contributed by atoms with Crippen LogP contribution in [-0.2, 0) is 20.0 Å². The van der Waals surface area contributed by atoms with Gasteiger partial charge in [0.1, 0.15) is 4.90 Å². The second-order valence-corrected chi connectivity index (χ2v) is 11.0. The Hall–Kier alpha value is -1.76. The highest BCUT2D eigenvalue weighted by Crippen LogP contribution is 2.33. The number of nitrogens with zero attached hydrogens (tertiary/aromatic N) is 4. The van der Waals surface area contributed by atoms with Crippen LogP contribution in [0.3, 0.4) is 0 Å². The number of non-ortho nitro benzene ring substituents is 1. The van der Waals surface area contributed by atoms with E-state index in [-0.39, 0.29) is 29.4 Å². The summed E-state index contributed by atoms with van der Waals surface area (Å²) < 4.78 is 53.1. The van der Waals surface area contributed by atoms with Gasteiger partial charge in [-0.25, -0.2) is 16.8 Å². The topological polar surface area (TPSA) is 121 Å². The van der Waals surface area contributed by atoms with Crippen LogP contribution in [0.4, 0.5) is 11.4 Å². The third-order valence-electron chi connectivity index (χ3n) is 5.17. The third kappa shape index (κ3) is 4.00. The van der Waals surface area contributed by atoms with Crippen molar-refractivity contribution in [3.63, 3.8) is 0 Å². The molecule has 0 atom stereocenters. The Morgan fingerprint density at radius 1 is 0.964 bits per heavy atom. The Kier molecular flexibility index (Phi) is 5.94. The van der Waals surface area contributed by atoms with Gasteiger partial charge in [0.2, 0.25) is 20.0 Å². The van der Waals surface area contributed by atoms with E-state index in [0.717, 1.165) is 18.9 Å². The van der Waals surface area contributed by atoms with Crippen LogP contribution in [0.2, 0.25) is 0 Å². The van der Waals surface area contributed by atoms with E-state index < -0.39 is 25.0 Å². The maximum absolute atomic E-state index is 13.1. The summed E-state index contributed by atoms with van der Waals surface area (Å²) in [6.07, 6.45) is 1.52. The number of piperazine rings is 1. The van der Waals surface area contributed by atoms with Crippen LogP contribution in [0.25, 0.3) is 0 Å². The standard InChI is InChI=1S/C16H24N4O6S2/c1-2-27(23,24)18-11-9-17(10-12-18)15-6-5-14(20(21)22)13-16(15)28(25,26)19-7-3-4-8-19/h5-6,13H,2-4,7-12H2,1H3. The maximum Gasteiger partial charge on any atom is 0.270 e. The molecule has 2 saturated heterocycles. The molecule has 2 fully saturated rings. The van der Waals surface area contributed by atoms with Crippen molar-refractivity contribution in [1.82, 2.24) is 8.61 Å². The number of rotatable bonds is 6. The highest BCUT2D eigenvalue weighted by atomic mass is 32.2. The Balaban J connectivity index is 1.94. The lowest BCUT2D eigenvalue weighted by atomic mass is 10.2. The molecule has 0 radical (unpaired) electrons. The quantitative estimate of drug-likeness (QED) is 0.482. The zero-order valence-electron chi connectivity index (χ0n) is 15.7. The zero-order valence-corrected chi connectivity index (χ0v) is 17.3. The first-order valence-corrected chi connectivity index (χ1v) is 12.2. The lowest BCUT2D eigenvalue weighted by molar-refractivity contribution is -0.385. The van der Waals surface area contributed by atoms with E-state index in [1.807, 2.05) is 0 Å². The van der Waals surface area contributed by atoms with Gasteiger partial charge in [0.05, 0.1) is 16.4 Å². The highest BCUT2D eigenvalue weighted by molar-refractivity contribution is 7.89. The molecule has 1 aromatic carbocycles. The van der Waals surface area contributed by atoms with E-state index in [1.165, 1.54) is 20.7 Å². The van der Waals surface area contributed by atoms with Gasteiger partial charge in [-0.05, 0) is 25.8 Å². The van der Waals surface area contributed by atoms with E-state index in [4.69, 9.17) is 0 Å². The Bertz CT molecular complexity index is 949. The van der Waals surface area contributed by atoms with E-state index >= 15 is 0 Å². The molecular formula is C16H24N4O6S2. The summed E-state index contributed by atoms with van der Waals surface area (Å²) in [7, 11) is -7.17. The molecule has 2 aliphatic heterocycles. The predicted octanol–water partition coefficient (Wildman–Crippen LogP) is 0.851. The normalized spacial score (nSPS) is 19.8. The molecule has 0 aromatic heterocycles. The van der Waals surface area contributed by atoms with Crippen molar-refractivity contribution in [3.05, 3.63) is 28.3 Å². The zero-order chi connectivity index (χ0) is 20.5. The van der Waals surface area contributed by atoms with Gasteiger partial charge in [-0.15, -0.1) is 0 Å². The number of hydrogen-bond acceptors (Lipinski definition) is 7. The summed E-state index contributed by atoms with van der Waals surface area (Å²) in [6.45, 7) is 3.50. The number of nitro benzene ring substituents is 1. The van der Waals surface area contributed by atoms with Gasteiger partial charge in [-0.2, -0.15) is 8.61 Å². The molecule has 0 amide bonds. The predicted molar refractivity (Wildman–Crippen MR) is 104 cm³/mol. The van der Waals surface area contributed by atoms with Crippen molar-refractivity contribution in [2.24, 2.45) is 0 Å². The number of anilines is 1. The molecule has 0 saturated carbocycles. The lowest BCUT2D eigenvalue weighted by Crippen LogP contribution is -2.49. The van der Waals surface area contributed by atoms with Gasteiger partial charge in [-0.3, -0.25) is 10.1 Å². The van der Waals surface area contributed by atoms with E-state index in [9.17, 15) is 26.9 Å². The minimum atomic E-state index is -3.87. The molecular weight excluding hydrogens is 408 g/mol. The number of hydrogen-bond donors (Lipinski definition) is 0. The Morgan fingerprint density at radius 3 is 2.11 bits per heavy atom. The summed E-state index contributed by atoms with van der Waals surface area (Å²) in [6, 6.07) is 3.84. The SMILES string of the molecule is CCS(=O)(=O)N1CCN(c2ccc([N+](=O)[O-])cc2S(=O)(=O)N2CCCC2)CC1. The molecule has 0 unspecified atom stereocenters. The molecule has 28 heavy (non-hydrogen) atoms. The van der Waals surface area contributed by atoms with Gasteiger partial charge >= 0.3 is 0 Å². The number of benzene rings is 1. The minimum Gasteiger partial charge on any atom is -0.368 e. The van der Waals surface area contributed by atoms with Crippen LogP contribution < -0.4 is 4.90 Å². The molecule has 2 heterocycles. The second kappa shape index (κ2) is 7.93. The van der Waals surface area contributed by atoms with Crippen molar-refractivity contribution in [3.8, 4) is 0 Å². The molecule has 0 aliphatic carbocycles. The number of sulfonamides is 2. The van der Waals surface area contributed by atoms with Crippen molar-refractivity contribution in [2.75, 3.05) is 49.9 Å². The molecule has 10 nitrogen and oxygen atoms in total. The molecule has 156 valence electrons. The fourth-order valence-corrected chi connectivity index (χ4v) is 6.37. The monoisotopic (exact) mass is 432 g/mol. The first-order chi connectivity index (χ1) is 13.2. The van der Waals surface area contributed by atoms with Crippen molar-refractivity contribution in [1.29, 1.82) is 0 Å². The van der Waals surface area contributed by atoms with Crippen LogP contribution in [0.5, 0.6) is 0 Å². The van der Waals surface area contributed by atoms with Crippen LogP contribution in [0, 0.1) is 10.1 Å². The second-order valence-electron chi connectivity index (χ2n) is 6.81. The average Bonchev–Trinajstić information content (AvgIpc) is 3.23. The average molecular weight is 433 g/mol. The van der Waals surface area contributed by atoms with Crippen LogP contribution in [0.1, 0.15) is 19.8 Å². The van der Waals surface area contributed by atoms with Gasteiger partial charge in [0.25, 0.3) is 5.69 Å². The molecule has 2 aliphatic rings.